The standard InChI is InChI=1S/C11H11BrN4O/c12-9-8-10(13)14-1-2-16(8)11(15-9)7-5-3-17-4-6(5)7/h1-2,5-7H,3-4H2,(H2,13,14). The molecule has 0 bridgehead atoms. The molecule has 2 aromatic heterocycles. The molecular formula is C11H11BrN4O. The Kier molecular flexibility index (Phi) is 1.85. The van der Waals surface area contributed by atoms with Gasteiger partial charge in [0.1, 0.15) is 15.9 Å². The van der Waals surface area contributed by atoms with Crippen LogP contribution in [0.2, 0.25) is 0 Å². The van der Waals surface area contributed by atoms with E-state index in [1.165, 1.54) is 0 Å². The lowest BCUT2D eigenvalue weighted by Crippen LogP contribution is -2.02. The molecular weight excluding hydrogens is 284 g/mol. The molecule has 4 rings (SSSR count). The highest BCUT2D eigenvalue weighted by Gasteiger charge is 2.56. The lowest BCUT2D eigenvalue weighted by Gasteiger charge is -2.04. The quantitative estimate of drug-likeness (QED) is 0.864. The molecule has 0 spiro atoms. The van der Waals surface area contributed by atoms with Gasteiger partial charge in [-0.2, -0.15) is 0 Å². The van der Waals surface area contributed by atoms with Gasteiger partial charge in [-0.3, -0.25) is 4.40 Å². The van der Waals surface area contributed by atoms with Gasteiger partial charge in [0, 0.05) is 18.3 Å². The largest absolute Gasteiger partial charge is 0.382 e. The number of hydrogen-bond donors (Lipinski definition) is 1. The number of ether oxygens (including phenoxy) is 1. The number of fused-ring (bicyclic) bond motifs is 2. The third kappa shape index (κ3) is 1.22. The Labute approximate surface area is 106 Å². The predicted octanol–water partition coefficient (Wildman–Crippen LogP) is 1.43. The molecule has 2 atom stereocenters. The van der Waals surface area contributed by atoms with Crippen molar-refractivity contribution in [3.8, 4) is 0 Å². The van der Waals surface area contributed by atoms with Crippen molar-refractivity contribution >= 4 is 27.3 Å². The fourth-order valence-electron chi connectivity index (χ4n) is 2.90. The molecule has 1 aliphatic heterocycles. The van der Waals surface area contributed by atoms with Crippen molar-refractivity contribution in [2.45, 2.75) is 5.92 Å². The smallest absolute Gasteiger partial charge is 0.150 e. The first-order chi connectivity index (χ1) is 8.27. The first-order valence-electron chi connectivity index (χ1n) is 5.63. The highest BCUT2D eigenvalue weighted by molar-refractivity contribution is 9.10. The molecule has 2 unspecified atom stereocenters. The molecule has 2 fully saturated rings. The van der Waals surface area contributed by atoms with Crippen LogP contribution in [0, 0.1) is 11.8 Å². The zero-order valence-electron chi connectivity index (χ0n) is 9.01. The van der Waals surface area contributed by atoms with Crippen LogP contribution in [0.15, 0.2) is 17.0 Å². The molecule has 17 heavy (non-hydrogen) atoms. The number of halogens is 1. The predicted molar refractivity (Wildman–Crippen MR) is 65.6 cm³/mol. The summed E-state index contributed by atoms with van der Waals surface area (Å²) in [5.41, 5.74) is 6.75. The maximum atomic E-state index is 5.88. The topological polar surface area (TPSA) is 65.4 Å². The van der Waals surface area contributed by atoms with Crippen LogP contribution in [-0.2, 0) is 4.74 Å². The molecule has 1 aliphatic carbocycles. The summed E-state index contributed by atoms with van der Waals surface area (Å²) < 4.78 is 8.25. The molecule has 1 saturated heterocycles. The van der Waals surface area contributed by atoms with Gasteiger partial charge in [-0.1, -0.05) is 0 Å². The van der Waals surface area contributed by atoms with Crippen molar-refractivity contribution in [1.82, 2.24) is 14.4 Å². The summed E-state index contributed by atoms with van der Waals surface area (Å²) >= 11 is 3.46. The van der Waals surface area contributed by atoms with Gasteiger partial charge in [0.2, 0.25) is 0 Å². The number of nitrogen functional groups attached to an aromatic ring is 1. The Morgan fingerprint density at radius 3 is 2.94 bits per heavy atom. The van der Waals surface area contributed by atoms with Crippen LogP contribution in [0.4, 0.5) is 5.82 Å². The van der Waals surface area contributed by atoms with E-state index in [9.17, 15) is 0 Å². The monoisotopic (exact) mass is 294 g/mol. The molecule has 88 valence electrons. The molecule has 2 aliphatic rings. The van der Waals surface area contributed by atoms with Crippen LogP contribution >= 0.6 is 15.9 Å². The lowest BCUT2D eigenvalue weighted by molar-refractivity contribution is 0.159. The van der Waals surface area contributed by atoms with Gasteiger partial charge >= 0.3 is 0 Å². The van der Waals surface area contributed by atoms with Gasteiger partial charge in [0.15, 0.2) is 5.82 Å². The number of hydrogen-bond acceptors (Lipinski definition) is 4. The van der Waals surface area contributed by atoms with Gasteiger partial charge in [-0.05, 0) is 27.8 Å². The van der Waals surface area contributed by atoms with E-state index in [0.717, 1.165) is 29.2 Å². The van der Waals surface area contributed by atoms with Gasteiger partial charge < -0.3 is 10.5 Å². The van der Waals surface area contributed by atoms with E-state index in [2.05, 4.69) is 30.3 Å². The lowest BCUT2D eigenvalue weighted by atomic mass is 10.3. The van der Waals surface area contributed by atoms with E-state index in [1.807, 2.05) is 6.20 Å². The minimum atomic E-state index is 0.514. The number of imidazole rings is 1. The molecule has 2 N–H and O–H groups in total. The Morgan fingerprint density at radius 2 is 2.18 bits per heavy atom. The van der Waals surface area contributed by atoms with Crippen molar-refractivity contribution in [3.05, 3.63) is 22.8 Å². The van der Waals surface area contributed by atoms with Crippen LogP contribution in [0.25, 0.3) is 5.52 Å². The van der Waals surface area contributed by atoms with Crippen LogP contribution in [-0.4, -0.2) is 27.6 Å². The average molecular weight is 295 g/mol. The molecule has 0 radical (unpaired) electrons. The normalized spacial score (nSPS) is 30.8. The van der Waals surface area contributed by atoms with Crippen molar-refractivity contribution in [2.75, 3.05) is 18.9 Å². The average Bonchev–Trinajstić information content (AvgIpc) is 2.71. The second kappa shape index (κ2) is 3.20. The second-order valence-corrected chi connectivity index (χ2v) is 5.43. The molecule has 5 nitrogen and oxygen atoms in total. The van der Waals surface area contributed by atoms with E-state index < -0.39 is 0 Å². The Bertz CT molecular complexity index is 601. The SMILES string of the molecule is Nc1nccn2c(C3C4COCC43)nc(Br)c12. The summed E-state index contributed by atoms with van der Waals surface area (Å²) in [5, 5.41) is 0. The first-order valence-corrected chi connectivity index (χ1v) is 6.42. The summed E-state index contributed by atoms with van der Waals surface area (Å²) in [6, 6.07) is 0. The van der Waals surface area contributed by atoms with Crippen LogP contribution in [0.1, 0.15) is 11.7 Å². The van der Waals surface area contributed by atoms with Crippen molar-refractivity contribution in [2.24, 2.45) is 11.8 Å². The second-order valence-electron chi connectivity index (χ2n) is 4.68. The number of nitrogens with zero attached hydrogens (tertiary/aromatic N) is 3. The fourth-order valence-corrected chi connectivity index (χ4v) is 3.48. The summed E-state index contributed by atoms with van der Waals surface area (Å²) in [6.45, 7) is 1.73. The number of rotatable bonds is 1. The fraction of sp³-hybridized carbons (Fsp3) is 0.455. The number of nitrogens with two attached hydrogens (primary N) is 1. The van der Waals surface area contributed by atoms with Gasteiger partial charge in [-0.25, -0.2) is 9.97 Å². The Hall–Kier alpha value is -1.14. The van der Waals surface area contributed by atoms with Crippen LogP contribution in [0.5, 0.6) is 0 Å². The third-order valence-electron chi connectivity index (χ3n) is 3.82. The Balaban J connectivity index is 1.89. The van der Waals surface area contributed by atoms with Crippen LogP contribution in [0.3, 0.4) is 0 Å². The minimum absolute atomic E-state index is 0.514. The van der Waals surface area contributed by atoms with E-state index in [1.54, 1.807) is 6.20 Å². The summed E-state index contributed by atoms with van der Waals surface area (Å²) in [5.74, 6) is 3.40. The van der Waals surface area contributed by atoms with Gasteiger partial charge in [-0.15, -0.1) is 0 Å². The first kappa shape index (κ1) is 9.85. The van der Waals surface area contributed by atoms with E-state index in [4.69, 9.17) is 10.5 Å². The Morgan fingerprint density at radius 1 is 1.41 bits per heavy atom. The maximum Gasteiger partial charge on any atom is 0.150 e. The van der Waals surface area contributed by atoms with Crippen molar-refractivity contribution < 1.29 is 4.74 Å². The van der Waals surface area contributed by atoms with Crippen molar-refractivity contribution in [1.29, 1.82) is 0 Å². The minimum Gasteiger partial charge on any atom is -0.382 e. The van der Waals surface area contributed by atoms with E-state index in [0.29, 0.717) is 23.6 Å². The molecule has 2 aromatic rings. The van der Waals surface area contributed by atoms with E-state index in [-0.39, 0.29) is 0 Å². The zero-order chi connectivity index (χ0) is 11.6. The number of anilines is 1. The van der Waals surface area contributed by atoms with E-state index >= 15 is 0 Å². The van der Waals surface area contributed by atoms with Crippen LogP contribution < -0.4 is 5.73 Å². The molecule has 0 aromatic carbocycles. The molecule has 0 amide bonds. The summed E-state index contributed by atoms with van der Waals surface area (Å²) in [6.07, 6.45) is 3.64. The summed E-state index contributed by atoms with van der Waals surface area (Å²) in [7, 11) is 0. The van der Waals surface area contributed by atoms with Gasteiger partial charge in [0.25, 0.3) is 0 Å². The molecule has 3 heterocycles. The highest BCUT2D eigenvalue weighted by atomic mass is 79.9. The third-order valence-corrected chi connectivity index (χ3v) is 4.37. The zero-order valence-corrected chi connectivity index (χ0v) is 10.6. The summed E-state index contributed by atoms with van der Waals surface area (Å²) in [4.78, 5) is 8.69. The van der Waals surface area contributed by atoms with Gasteiger partial charge in [0.05, 0.1) is 13.2 Å². The highest BCUT2D eigenvalue weighted by Crippen LogP contribution is 2.57. The van der Waals surface area contributed by atoms with Crippen molar-refractivity contribution in [3.63, 3.8) is 0 Å². The molecule has 1 saturated carbocycles. The molecule has 6 heteroatoms. The maximum absolute atomic E-state index is 5.88. The number of aromatic nitrogens is 3.